The molecule has 15 heavy (non-hydrogen) atoms. The average molecular weight is 222 g/mol. The van der Waals surface area contributed by atoms with Gasteiger partial charge in [-0.3, -0.25) is 5.73 Å². The lowest BCUT2D eigenvalue weighted by Gasteiger charge is -2.04. The van der Waals surface area contributed by atoms with E-state index in [2.05, 4.69) is 14.9 Å². The Morgan fingerprint density at radius 2 is 2.13 bits per heavy atom. The van der Waals surface area contributed by atoms with Gasteiger partial charge in [-0.15, -0.1) is 0 Å². The van der Waals surface area contributed by atoms with Crippen molar-refractivity contribution in [3.63, 3.8) is 0 Å². The summed E-state index contributed by atoms with van der Waals surface area (Å²) >= 11 is 1.23. The van der Waals surface area contributed by atoms with Gasteiger partial charge in [0, 0.05) is 17.2 Å². The standard InChI is InChI=1S/C9H10N4OS/c10-6-14-8-9(15-13-12-8)11-7-4-2-1-3-5-7/h1-5,11H,6,10H2. The van der Waals surface area contributed by atoms with Crippen molar-refractivity contribution in [2.45, 2.75) is 0 Å². The van der Waals surface area contributed by atoms with Crippen LogP contribution in [0.2, 0.25) is 0 Å². The number of ether oxygens (including phenoxy) is 1. The molecule has 0 aliphatic carbocycles. The first-order valence-corrected chi connectivity index (χ1v) is 5.15. The molecule has 0 aliphatic heterocycles. The number of anilines is 2. The molecule has 0 aliphatic rings. The fourth-order valence-corrected chi connectivity index (χ4v) is 1.62. The molecule has 0 atom stereocenters. The quantitative estimate of drug-likeness (QED) is 0.768. The molecular weight excluding hydrogens is 212 g/mol. The second-order valence-electron chi connectivity index (χ2n) is 2.71. The highest BCUT2D eigenvalue weighted by Crippen LogP contribution is 2.28. The SMILES string of the molecule is NCOc1nnsc1Nc1ccccc1. The van der Waals surface area contributed by atoms with Gasteiger partial charge in [-0.05, 0) is 12.1 Å². The second kappa shape index (κ2) is 4.72. The van der Waals surface area contributed by atoms with Crippen molar-refractivity contribution in [2.24, 2.45) is 5.73 Å². The molecule has 1 heterocycles. The van der Waals surface area contributed by atoms with Crippen LogP contribution in [0.5, 0.6) is 5.88 Å². The number of nitrogens with one attached hydrogen (secondary N) is 1. The van der Waals surface area contributed by atoms with E-state index in [1.165, 1.54) is 11.5 Å². The third-order valence-corrected chi connectivity index (χ3v) is 2.33. The van der Waals surface area contributed by atoms with Crippen LogP contribution in [0.25, 0.3) is 0 Å². The minimum absolute atomic E-state index is 0.0921. The van der Waals surface area contributed by atoms with Gasteiger partial charge in [-0.1, -0.05) is 27.8 Å². The molecule has 0 bridgehead atoms. The zero-order valence-electron chi connectivity index (χ0n) is 7.88. The van der Waals surface area contributed by atoms with Crippen molar-refractivity contribution in [3.8, 4) is 5.88 Å². The summed E-state index contributed by atoms with van der Waals surface area (Å²) in [4.78, 5) is 0. The number of benzene rings is 1. The van der Waals surface area contributed by atoms with Gasteiger partial charge in [0.15, 0.2) is 5.00 Å². The predicted octanol–water partition coefficient (Wildman–Crippen LogP) is 1.58. The van der Waals surface area contributed by atoms with Crippen molar-refractivity contribution >= 4 is 22.2 Å². The normalized spacial score (nSPS) is 9.93. The lowest BCUT2D eigenvalue weighted by Crippen LogP contribution is -2.08. The molecule has 5 nitrogen and oxygen atoms in total. The highest BCUT2D eigenvalue weighted by molar-refractivity contribution is 7.10. The topological polar surface area (TPSA) is 73.1 Å². The van der Waals surface area contributed by atoms with Gasteiger partial charge in [0.1, 0.15) is 6.73 Å². The van der Waals surface area contributed by atoms with Gasteiger partial charge in [0.2, 0.25) is 0 Å². The van der Waals surface area contributed by atoms with Crippen molar-refractivity contribution in [2.75, 3.05) is 12.0 Å². The van der Waals surface area contributed by atoms with Crippen LogP contribution in [0.4, 0.5) is 10.7 Å². The molecule has 0 saturated carbocycles. The minimum Gasteiger partial charge on any atom is -0.459 e. The summed E-state index contributed by atoms with van der Waals surface area (Å²) in [5.74, 6) is 0.436. The van der Waals surface area contributed by atoms with Crippen molar-refractivity contribution in [3.05, 3.63) is 30.3 Å². The van der Waals surface area contributed by atoms with Crippen molar-refractivity contribution in [1.82, 2.24) is 9.59 Å². The zero-order chi connectivity index (χ0) is 10.5. The molecule has 78 valence electrons. The van der Waals surface area contributed by atoms with Crippen LogP contribution in [-0.2, 0) is 0 Å². The summed E-state index contributed by atoms with van der Waals surface area (Å²) in [6.07, 6.45) is 0. The number of nitrogens with two attached hydrogens (primary N) is 1. The maximum atomic E-state index is 5.27. The van der Waals surface area contributed by atoms with Crippen LogP contribution < -0.4 is 15.8 Å². The minimum atomic E-state index is 0.0921. The second-order valence-corrected chi connectivity index (χ2v) is 3.46. The van der Waals surface area contributed by atoms with Crippen LogP contribution in [0.3, 0.4) is 0 Å². The summed E-state index contributed by atoms with van der Waals surface area (Å²) in [6.45, 7) is 0.0921. The molecule has 0 saturated heterocycles. The largest absolute Gasteiger partial charge is 0.459 e. The summed E-state index contributed by atoms with van der Waals surface area (Å²) in [7, 11) is 0. The van der Waals surface area contributed by atoms with E-state index in [1.54, 1.807) is 0 Å². The van der Waals surface area contributed by atoms with E-state index in [-0.39, 0.29) is 6.73 Å². The van der Waals surface area contributed by atoms with E-state index in [4.69, 9.17) is 10.5 Å². The first kappa shape index (κ1) is 9.88. The molecule has 6 heteroatoms. The Hall–Kier alpha value is -1.66. The molecule has 3 N–H and O–H groups in total. The highest BCUT2D eigenvalue weighted by atomic mass is 32.1. The Balaban J connectivity index is 2.14. The molecule has 0 amide bonds. The number of hydrogen-bond donors (Lipinski definition) is 2. The molecule has 1 aromatic heterocycles. The number of nitrogens with zero attached hydrogens (tertiary/aromatic N) is 2. The van der Waals surface area contributed by atoms with Crippen LogP contribution in [-0.4, -0.2) is 16.3 Å². The number of rotatable bonds is 4. The Bertz CT molecular complexity index is 417. The van der Waals surface area contributed by atoms with E-state index in [9.17, 15) is 0 Å². The van der Waals surface area contributed by atoms with E-state index in [1.807, 2.05) is 30.3 Å². The first-order chi connectivity index (χ1) is 7.40. The molecule has 0 fully saturated rings. The summed E-state index contributed by atoms with van der Waals surface area (Å²) in [5.41, 5.74) is 6.23. The van der Waals surface area contributed by atoms with Crippen LogP contribution in [0.15, 0.2) is 30.3 Å². The number of hydrogen-bond acceptors (Lipinski definition) is 6. The Labute approximate surface area is 91.0 Å². The Kier molecular flexibility index (Phi) is 3.11. The third-order valence-electron chi connectivity index (χ3n) is 1.71. The molecular formula is C9H10N4OS. The molecule has 0 unspecified atom stereocenters. The van der Waals surface area contributed by atoms with Gasteiger partial charge in [-0.2, -0.15) is 0 Å². The smallest absolute Gasteiger partial charge is 0.272 e. The van der Waals surface area contributed by atoms with Gasteiger partial charge >= 0.3 is 0 Å². The monoisotopic (exact) mass is 222 g/mol. The maximum Gasteiger partial charge on any atom is 0.272 e. The Morgan fingerprint density at radius 3 is 2.87 bits per heavy atom. The fourth-order valence-electron chi connectivity index (χ4n) is 1.08. The van der Waals surface area contributed by atoms with E-state index >= 15 is 0 Å². The molecule has 2 aromatic rings. The molecule has 0 radical (unpaired) electrons. The van der Waals surface area contributed by atoms with Gasteiger partial charge in [0.25, 0.3) is 5.88 Å². The van der Waals surface area contributed by atoms with Gasteiger partial charge < -0.3 is 10.1 Å². The van der Waals surface area contributed by atoms with E-state index in [0.717, 1.165) is 10.7 Å². The van der Waals surface area contributed by atoms with E-state index in [0.29, 0.717) is 5.88 Å². The van der Waals surface area contributed by atoms with Crippen molar-refractivity contribution < 1.29 is 4.74 Å². The average Bonchev–Trinajstić information content (AvgIpc) is 2.68. The van der Waals surface area contributed by atoms with E-state index < -0.39 is 0 Å². The molecule has 2 rings (SSSR count). The van der Waals surface area contributed by atoms with Gasteiger partial charge in [0.05, 0.1) is 0 Å². The van der Waals surface area contributed by atoms with Crippen LogP contribution in [0.1, 0.15) is 0 Å². The first-order valence-electron chi connectivity index (χ1n) is 4.37. The summed E-state index contributed by atoms with van der Waals surface area (Å²) in [5, 5.41) is 7.71. The lowest BCUT2D eigenvalue weighted by atomic mass is 10.3. The highest BCUT2D eigenvalue weighted by Gasteiger charge is 2.08. The molecule has 0 spiro atoms. The molecule has 1 aromatic carbocycles. The zero-order valence-corrected chi connectivity index (χ0v) is 8.70. The fraction of sp³-hybridized carbons (Fsp3) is 0.111. The van der Waals surface area contributed by atoms with Gasteiger partial charge in [-0.25, -0.2) is 0 Å². The predicted molar refractivity (Wildman–Crippen MR) is 59.3 cm³/mol. The lowest BCUT2D eigenvalue weighted by molar-refractivity contribution is 0.318. The number of aromatic nitrogens is 2. The number of para-hydroxylation sites is 1. The maximum absolute atomic E-state index is 5.27. The van der Waals surface area contributed by atoms with Crippen LogP contribution in [0, 0.1) is 0 Å². The summed E-state index contributed by atoms with van der Waals surface area (Å²) < 4.78 is 8.89. The van der Waals surface area contributed by atoms with Crippen LogP contribution >= 0.6 is 11.5 Å². The third kappa shape index (κ3) is 2.42. The van der Waals surface area contributed by atoms with Crippen molar-refractivity contribution in [1.29, 1.82) is 0 Å². The Morgan fingerprint density at radius 1 is 1.33 bits per heavy atom. The summed E-state index contributed by atoms with van der Waals surface area (Å²) in [6, 6.07) is 9.74.